The van der Waals surface area contributed by atoms with Crippen LogP contribution in [0.3, 0.4) is 0 Å². The van der Waals surface area contributed by atoms with Crippen molar-refractivity contribution in [2.24, 2.45) is 5.73 Å². The molecule has 2 rings (SSSR count). The zero-order valence-corrected chi connectivity index (χ0v) is 11.3. The summed E-state index contributed by atoms with van der Waals surface area (Å²) >= 11 is 3.25. The molecule has 1 aromatic carbocycles. The van der Waals surface area contributed by atoms with Crippen LogP contribution in [0.5, 0.6) is 0 Å². The zero-order chi connectivity index (χ0) is 14.0. The van der Waals surface area contributed by atoms with E-state index < -0.39 is 23.5 Å². The molecule has 19 heavy (non-hydrogen) atoms. The van der Waals surface area contributed by atoms with Crippen LogP contribution in [0, 0.1) is 17.5 Å². The van der Waals surface area contributed by atoms with Crippen LogP contribution >= 0.6 is 15.9 Å². The molecule has 0 aliphatic carbocycles. The topological polar surface area (TPSA) is 38.9 Å². The Morgan fingerprint density at radius 3 is 2.32 bits per heavy atom. The van der Waals surface area contributed by atoms with Crippen LogP contribution in [0.15, 0.2) is 34.9 Å². The number of hydrogen-bond donors (Lipinski definition) is 1. The van der Waals surface area contributed by atoms with Gasteiger partial charge in [0.05, 0.1) is 0 Å². The van der Waals surface area contributed by atoms with E-state index in [2.05, 4.69) is 20.9 Å². The number of aromatic nitrogens is 1. The van der Waals surface area contributed by atoms with Crippen LogP contribution in [-0.4, -0.2) is 4.98 Å². The fourth-order valence-electron chi connectivity index (χ4n) is 1.66. The van der Waals surface area contributed by atoms with Gasteiger partial charge in [-0.3, -0.25) is 4.98 Å². The fourth-order valence-corrected chi connectivity index (χ4v) is 1.89. The molecule has 0 saturated heterocycles. The van der Waals surface area contributed by atoms with Gasteiger partial charge in [-0.05, 0) is 45.8 Å². The Hall–Kier alpha value is -1.40. The summed E-state index contributed by atoms with van der Waals surface area (Å²) in [4.78, 5) is 4.12. The lowest BCUT2D eigenvalue weighted by Crippen LogP contribution is -2.15. The minimum atomic E-state index is -1.49. The molecule has 0 radical (unpaired) electrons. The molecule has 2 aromatic rings. The molecule has 1 heterocycles. The lowest BCUT2D eigenvalue weighted by molar-refractivity contribution is 0.443. The largest absolute Gasteiger partial charge is 0.324 e. The number of pyridine rings is 1. The molecule has 0 bridgehead atoms. The van der Waals surface area contributed by atoms with Crippen LogP contribution < -0.4 is 5.73 Å². The molecule has 0 aliphatic rings. The summed E-state index contributed by atoms with van der Waals surface area (Å²) in [5.41, 5.74) is 6.72. The second kappa shape index (κ2) is 5.71. The number of nitrogens with zero attached hydrogens (tertiary/aromatic N) is 1. The summed E-state index contributed by atoms with van der Waals surface area (Å²) in [6.45, 7) is 0. The standard InChI is InChI=1S/C13H10BrF3N2/c14-8-1-2-9(19-6-8)5-12(18)7-3-10(15)13(17)11(16)4-7/h1-4,6,12H,5,18H2. The molecule has 100 valence electrons. The van der Waals surface area contributed by atoms with Gasteiger partial charge >= 0.3 is 0 Å². The van der Waals surface area contributed by atoms with Crippen molar-refractivity contribution < 1.29 is 13.2 Å². The number of halogens is 4. The molecule has 0 amide bonds. The van der Waals surface area contributed by atoms with Crippen LogP contribution in [-0.2, 0) is 6.42 Å². The van der Waals surface area contributed by atoms with Gasteiger partial charge in [-0.2, -0.15) is 0 Å². The van der Waals surface area contributed by atoms with E-state index in [1.54, 1.807) is 18.3 Å². The quantitative estimate of drug-likeness (QED) is 0.875. The molecule has 1 atom stereocenters. The summed E-state index contributed by atoms with van der Waals surface area (Å²) in [7, 11) is 0. The number of rotatable bonds is 3. The molecule has 0 aliphatic heterocycles. The number of nitrogens with two attached hydrogens (primary N) is 1. The van der Waals surface area contributed by atoms with Gasteiger partial charge in [-0.1, -0.05) is 0 Å². The van der Waals surface area contributed by atoms with E-state index in [0.717, 1.165) is 16.6 Å². The maximum atomic E-state index is 13.1. The van der Waals surface area contributed by atoms with E-state index in [1.165, 1.54) is 0 Å². The summed E-state index contributed by atoms with van der Waals surface area (Å²) in [6, 6.07) is 4.70. The predicted molar refractivity (Wildman–Crippen MR) is 68.9 cm³/mol. The first-order valence-electron chi connectivity index (χ1n) is 5.48. The van der Waals surface area contributed by atoms with E-state index >= 15 is 0 Å². The van der Waals surface area contributed by atoms with E-state index in [9.17, 15) is 13.2 Å². The van der Waals surface area contributed by atoms with Crippen LogP contribution in [0.25, 0.3) is 0 Å². The molecular weight excluding hydrogens is 321 g/mol. The van der Waals surface area contributed by atoms with Gasteiger partial charge in [-0.25, -0.2) is 13.2 Å². The monoisotopic (exact) mass is 330 g/mol. The van der Waals surface area contributed by atoms with Crippen molar-refractivity contribution in [1.29, 1.82) is 0 Å². The van der Waals surface area contributed by atoms with Gasteiger partial charge in [0.25, 0.3) is 0 Å². The highest BCUT2D eigenvalue weighted by molar-refractivity contribution is 9.10. The van der Waals surface area contributed by atoms with Crippen molar-refractivity contribution in [2.75, 3.05) is 0 Å². The van der Waals surface area contributed by atoms with E-state index in [1.807, 2.05) is 0 Å². The van der Waals surface area contributed by atoms with Gasteiger partial charge in [0.1, 0.15) is 0 Å². The first kappa shape index (κ1) is 14.0. The van der Waals surface area contributed by atoms with Crippen LogP contribution in [0.1, 0.15) is 17.3 Å². The van der Waals surface area contributed by atoms with E-state index in [-0.39, 0.29) is 5.56 Å². The minimum absolute atomic E-state index is 0.195. The number of hydrogen-bond acceptors (Lipinski definition) is 2. The molecule has 0 fully saturated rings. The third-order valence-electron chi connectivity index (χ3n) is 2.65. The maximum Gasteiger partial charge on any atom is 0.194 e. The molecular formula is C13H10BrF3N2. The second-order valence-electron chi connectivity index (χ2n) is 4.08. The Bertz CT molecular complexity index is 564. The number of benzene rings is 1. The molecule has 6 heteroatoms. The summed E-state index contributed by atoms with van der Waals surface area (Å²) < 4.78 is 39.9. The Labute approximate surface area is 116 Å². The van der Waals surface area contributed by atoms with Gasteiger partial charge in [-0.15, -0.1) is 0 Å². The lowest BCUT2D eigenvalue weighted by atomic mass is 10.0. The first-order valence-corrected chi connectivity index (χ1v) is 6.27. The van der Waals surface area contributed by atoms with Gasteiger partial charge in [0, 0.05) is 28.8 Å². The third-order valence-corrected chi connectivity index (χ3v) is 3.12. The molecule has 2 nitrogen and oxygen atoms in total. The molecule has 2 N–H and O–H groups in total. The average Bonchev–Trinajstić information content (AvgIpc) is 2.38. The summed E-state index contributed by atoms with van der Waals surface area (Å²) in [5, 5.41) is 0. The SMILES string of the molecule is NC(Cc1ccc(Br)cn1)c1cc(F)c(F)c(F)c1. The highest BCUT2D eigenvalue weighted by Crippen LogP contribution is 2.20. The summed E-state index contributed by atoms with van der Waals surface area (Å²) in [5.74, 6) is -3.97. The molecule has 0 saturated carbocycles. The van der Waals surface area contributed by atoms with Gasteiger partial charge < -0.3 is 5.73 Å². The van der Waals surface area contributed by atoms with Crippen LogP contribution in [0.4, 0.5) is 13.2 Å². The lowest BCUT2D eigenvalue weighted by Gasteiger charge is -2.12. The van der Waals surface area contributed by atoms with Crippen molar-refractivity contribution in [2.45, 2.75) is 12.5 Å². The predicted octanol–water partition coefficient (Wildman–Crippen LogP) is 3.50. The Kier molecular flexibility index (Phi) is 4.21. The highest BCUT2D eigenvalue weighted by atomic mass is 79.9. The van der Waals surface area contributed by atoms with E-state index in [0.29, 0.717) is 12.1 Å². The Balaban J connectivity index is 2.20. The Morgan fingerprint density at radius 2 is 1.79 bits per heavy atom. The normalized spacial score (nSPS) is 12.5. The molecule has 1 aromatic heterocycles. The zero-order valence-electron chi connectivity index (χ0n) is 9.71. The Morgan fingerprint density at radius 1 is 1.16 bits per heavy atom. The highest BCUT2D eigenvalue weighted by Gasteiger charge is 2.15. The van der Waals surface area contributed by atoms with Crippen molar-refractivity contribution in [3.63, 3.8) is 0 Å². The minimum Gasteiger partial charge on any atom is -0.324 e. The third kappa shape index (κ3) is 3.33. The van der Waals surface area contributed by atoms with Crippen molar-refractivity contribution in [3.05, 3.63) is 63.6 Å². The fraction of sp³-hybridized carbons (Fsp3) is 0.154. The maximum absolute atomic E-state index is 13.1. The summed E-state index contributed by atoms with van der Waals surface area (Å²) in [6.07, 6.45) is 1.91. The molecule has 0 spiro atoms. The van der Waals surface area contributed by atoms with Gasteiger partial charge in [0.2, 0.25) is 0 Å². The average molecular weight is 331 g/mol. The van der Waals surface area contributed by atoms with Crippen molar-refractivity contribution in [1.82, 2.24) is 4.98 Å². The smallest absolute Gasteiger partial charge is 0.194 e. The second-order valence-corrected chi connectivity index (χ2v) is 4.99. The van der Waals surface area contributed by atoms with Crippen LogP contribution in [0.2, 0.25) is 0 Å². The first-order chi connectivity index (χ1) is 8.97. The van der Waals surface area contributed by atoms with Crippen molar-refractivity contribution >= 4 is 15.9 Å². The van der Waals surface area contributed by atoms with Gasteiger partial charge in [0.15, 0.2) is 17.5 Å². The van der Waals surface area contributed by atoms with E-state index in [4.69, 9.17) is 5.73 Å². The van der Waals surface area contributed by atoms with Crippen molar-refractivity contribution in [3.8, 4) is 0 Å². The molecule has 1 unspecified atom stereocenters.